The van der Waals surface area contributed by atoms with Crippen molar-refractivity contribution in [3.05, 3.63) is 70.3 Å². The molecule has 1 aliphatic heterocycles. The van der Waals surface area contributed by atoms with E-state index in [9.17, 15) is 4.79 Å². The van der Waals surface area contributed by atoms with Crippen LogP contribution in [-0.2, 0) is 6.54 Å². The maximum atomic E-state index is 12.7. The van der Waals surface area contributed by atoms with E-state index in [-0.39, 0.29) is 5.78 Å². The molecule has 2 aromatic carbocycles. The Balaban J connectivity index is 1.85. The third-order valence-electron chi connectivity index (χ3n) is 4.17. The molecule has 0 amide bonds. The van der Waals surface area contributed by atoms with Gasteiger partial charge in [0.25, 0.3) is 0 Å². The zero-order chi connectivity index (χ0) is 14.8. The minimum atomic E-state index is 0.123. The van der Waals surface area contributed by atoms with Crippen molar-refractivity contribution in [2.75, 3.05) is 13.1 Å². The van der Waals surface area contributed by atoms with Crippen molar-refractivity contribution in [1.29, 1.82) is 0 Å². The predicted molar refractivity (Wildman–Crippen MR) is 85.7 cm³/mol. The first-order valence-electron chi connectivity index (χ1n) is 7.57. The van der Waals surface area contributed by atoms with Crippen LogP contribution in [0.5, 0.6) is 0 Å². The lowest BCUT2D eigenvalue weighted by atomic mass is 9.96. The third-order valence-corrected chi connectivity index (χ3v) is 4.17. The van der Waals surface area contributed by atoms with Crippen LogP contribution in [0, 0.1) is 13.8 Å². The van der Waals surface area contributed by atoms with E-state index in [1.54, 1.807) is 0 Å². The highest BCUT2D eigenvalue weighted by Gasteiger charge is 2.16. The molecule has 0 aromatic heterocycles. The summed E-state index contributed by atoms with van der Waals surface area (Å²) in [5.41, 5.74) is 5.07. The number of hydrogen-bond donors (Lipinski definition) is 0. The molecule has 0 N–H and O–H groups in total. The van der Waals surface area contributed by atoms with Gasteiger partial charge in [-0.2, -0.15) is 0 Å². The SMILES string of the molecule is Cc1ccc(C(=O)c2cccc(CN3CCC3)c2)c(C)c1. The topological polar surface area (TPSA) is 20.3 Å². The molecule has 1 saturated heterocycles. The standard InChI is InChI=1S/C19H21NO/c1-14-7-8-18(15(2)11-14)19(21)17-6-3-5-16(12-17)13-20-9-4-10-20/h3,5-8,11-12H,4,9-10,13H2,1-2H3. The van der Waals surface area contributed by atoms with Crippen molar-refractivity contribution in [3.63, 3.8) is 0 Å². The number of nitrogens with zero attached hydrogens (tertiary/aromatic N) is 1. The second-order valence-electron chi connectivity index (χ2n) is 5.98. The molecule has 21 heavy (non-hydrogen) atoms. The van der Waals surface area contributed by atoms with Gasteiger partial charge in [0.2, 0.25) is 0 Å². The van der Waals surface area contributed by atoms with Crippen LogP contribution < -0.4 is 0 Å². The molecule has 0 aliphatic carbocycles. The average molecular weight is 279 g/mol. The van der Waals surface area contributed by atoms with E-state index in [0.29, 0.717) is 0 Å². The lowest BCUT2D eigenvalue weighted by molar-refractivity contribution is 0.103. The molecule has 0 radical (unpaired) electrons. The molecular formula is C19H21NO. The summed E-state index contributed by atoms with van der Waals surface area (Å²) in [6, 6.07) is 14.1. The zero-order valence-electron chi connectivity index (χ0n) is 12.7. The molecule has 1 fully saturated rings. The van der Waals surface area contributed by atoms with Crippen molar-refractivity contribution in [2.24, 2.45) is 0 Å². The first-order valence-corrected chi connectivity index (χ1v) is 7.57. The first kappa shape index (κ1) is 14.0. The minimum absolute atomic E-state index is 0.123. The molecule has 2 aromatic rings. The van der Waals surface area contributed by atoms with E-state index in [1.807, 2.05) is 37.3 Å². The fraction of sp³-hybridized carbons (Fsp3) is 0.316. The lowest BCUT2D eigenvalue weighted by Gasteiger charge is -2.30. The van der Waals surface area contributed by atoms with Gasteiger partial charge < -0.3 is 0 Å². The van der Waals surface area contributed by atoms with Crippen LogP contribution in [0.2, 0.25) is 0 Å². The number of carbonyl (C=O) groups is 1. The second-order valence-corrected chi connectivity index (χ2v) is 5.98. The Morgan fingerprint density at radius 1 is 1.10 bits per heavy atom. The average Bonchev–Trinajstić information content (AvgIpc) is 2.43. The minimum Gasteiger partial charge on any atom is -0.299 e. The van der Waals surface area contributed by atoms with E-state index in [1.165, 1.54) is 30.6 Å². The number of rotatable bonds is 4. The molecule has 0 spiro atoms. The Hall–Kier alpha value is -1.93. The van der Waals surface area contributed by atoms with Crippen LogP contribution in [0.1, 0.15) is 39.0 Å². The van der Waals surface area contributed by atoms with Crippen LogP contribution >= 0.6 is 0 Å². The highest BCUT2D eigenvalue weighted by molar-refractivity contribution is 6.10. The van der Waals surface area contributed by atoms with E-state index in [0.717, 1.165) is 23.2 Å². The van der Waals surface area contributed by atoms with Gasteiger partial charge >= 0.3 is 0 Å². The molecule has 2 heteroatoms. The summed E-state index contributed by atoms with van der Waals surface area (Å²) in [5.74, 6) is 0.123. The zero-order valence-corrected chi connectivity index (χ0v) is 12.7. The van der Waals surface area contributed by atoms with Crippen LogP contribution in [0.15, 0.2) is 42.5 Å². The quantitative estimate of drug-likeness (QED) is 0.795. The monoisotopic (exact) mass is 279 g/mol. The summed E-state index contributed by atoms with van der Waals surface area (Å²) in [4.78, 5) is 15.1. The predicted octanol–water partition coefficient (Wildman–Crippen LogP) is 3.74. The van der Waals surface area contributed by atoms with Gasteiger partial charge in [-0.25, -0.2) is 0 Å². The van der Waals surface area contributed by atoms with Crippen molar-refractivity contribution < 1.29 is 4.79 Å². The van der Waals surface area contributed by atoms with Gasteiger partial charge in [0.1, 0.15) is 0 Å². The maximum absolute atomic E-state index is 12.7. The molecule has 108 valence electrons. The Bertz CT molecular complexity index is 671. The molecule has 3 rings (SSSR count). The summed E-state index contributed by atoms with van der Waals surface area (Å²) < 4.78 is 0. The Morgan fingerprint density at radius 2 is 1.90 bits per heavy atom. The fourth-order valence-corrected chi connectivity index (χ4v) is 2.83. The normalized spacial score (nSPS) is 14.8. The van der Waals surface area contributed by atoms with Crippen molar-refractivity contribution in [2.45, 2.75) is 26.8 Å². The number of carbonyl (C=O) groups excluding carboxylic acids is 1. The summed E-state index contributed by atoms with van der Waals surface area (Å²) in [6.45, 7) is 7.36. The fourth-order valence-electron chi connectivity index (χ4n) is 2.83. The van der Waals surface area contributed by atoms with Gasteiger partial charge in [0.15, 0.2) is 5.78 Å². The molecule has 2 nitrogen and oxygen atoms in total. The molecule has 1 heterocycles. The third kappa shape index (κ3) is 3.06. The Morgan fingerprint density at radius 3 is 2.57 bits per heavy atom. The van der Waals surface area contributed by atoms with Crippen LogP contribution in [0.3, 0.4) is 0 Å². The van der Waals surface area contributed by atoms with Gasteiger partial charge in [-0.15, -0.1) is 0 Å². The summed E-state index contributed by atoms with van der Waals surface area (Å²) >= 11 is 0. The molecule has 0 atom stereocenters. The number of aryl methyl sites for hydroxylation is 2. The number of likely N-dealkylation sites (tertiary alicyclic amines) is 1. The molecule has 1 aliphatic rings. The number of ketones is 1. The van der Waals surface area contributed by atoms with Gasteiger partial charge in [0, 0.05) is 17.7 Å². The Kier molecular flexibility index (Phi) is 3.89. The van der Waals surface area contributed by atoms with Gasteiger partial charge in [-0.3, -0.25) is 9.69 Å². The lowest BCUT2D eigenvalue weighted by Crippen LogP contribution is -2.36. The van der Waals surface area contributed by atoms with Crippen molar-refractivity contribution in [1.82, 2.24) is 4.90 Å². The van der Waals surface area contributed by atoms with Gasteiger partial charge in [-0.1, -0.05) is 42.0 Å². The van der Waals surface area contributed by atoms with Crippen LogP contribution in [0.25, 0.3) is 0 Å². The first-order chi connectivity index (χ1) is 10.1. The number of hydrogen-bond acceptors (Lipinski definition) is 2. The largest absolute Gasteiger partial charge is 0.299 e. The summed E-state index contributed by atoms with van der Waals surface area (Å²) in [6.07, 6.45) is 1.29. The molecule has 0 unspecified atom stereocenters. The number of benzene rings is 2. The highest BCUT2D eigenvalue weighted by atomic mass is 16.1. The summed E-state index contributed by atoms with van der Waals surface area (Å²) in [7, 11) is 0. The van der Waals surface area contributed by atoms with Crippen molar-refractivity contribution in [3.8, 4) is 0 Å². The van der Waals surface area contributed by atoms with Gasteiger partial charge in [0.05, 0.1) is 0 Å². The molecule has 0 saturated carbocycles. The highest BCUT2D eigenvalue weighted by Crippen LogP contribution is 2.18. The van der Waals surface area contributed by atoms with E-state index in [4.69, 9.17) is 0 Å². The molecule has 0 bridgehead atoms. The van der Waals surface area contributed by atoms with E-state index < -0.39 is 0 Å². The van der Waals surface area contributed by atoms with E-state index >= 15 is 0 Å². The van der Waals surface area contributed by atoms with Crippen molar-refractivity contribution >= 4 is 5.78 Å². The molecular weight excluding hydrogens is 258 g/mol. The maximum Gasteiger partial charge on any atom is 0.193 e. The van der Waals surface area contributed by atoms with E-state index in [2.05, 4.69) is 24.0 Å². The van der Waals surface area contributed by atoms with Gasteiger partial charge in [-0.05, 0) is 50.6 Å². The van der Waals surface area contributed by atoms with Crippen LogP contribution in [-0.4, -0.2) is 23.8 Å². The summed E-state index contributed by atoms with van der Waals surface area (Å²) in [5, 5.41) is 0. The second kappa shape index (κ2) is 5.82. The Labute approximate surface area is 126 Å². The van der Waals surface area contributed by atoms with Crippen LogP contribution in [0.4, 0.5) is 0 Å². The smallest absolute Gasteiger partial charge is 0.193 e.